The van der Waals surface area contributed by atoms with Gasteiger partial charge in [-0.15, -0.1) is 0 Å². The van der Waals surface area contributed by atoms with Crippen LogP contribution in [-0.2, 0) is 4.79 Å². The molecule has 4 nitrogen and oxygen atoms in total. The number of carbonyl (C=O) groups excluding carboxylic acids is 1. The van der Waals surface area contributed by atoms with Gasteiger partial charge in [-0.1, -0.05) is 6.92 Å². The third kappa shape index (κ3) is 1.70. The molecule has 4 N–H and O–H groups in total. The molecule has 0 saturated carbocycles. The van der Waals surface area contributed by atoms with Crippen LogP contribution in [0.2, 0.25) is 0 Å². The predicted octanol–water partition coefficient (Wildman–Crippen LogP) is -1.11. The number of nitrogens with zero attached hydrogens (tertiary/aromatic N) is 1. The zero-order valence-corrected chi connectivity index (χ0v) is 6.79. The molecule has 1 heterocycles. The summed E-state index contributed by atoms with van der Waals surface area (Å²) in [5.74, 6) is -0.237. The van der Waals surface area contributed by atoms with Crippen molar-refractivity contribution in [1.82, 2.24) is 4.90 Å². The fourth-order valence-electron chi connectivity index (χ4n) is 1.44. The summed E-state index contributed by atoms with van der Waals surface area (Å²) in [4.78, 5) is 12.8. The van der Waals surface area contributed by atoms with Gasteiger partial charge in [-0.2, -0.15) is 0 Å². The highest BCUT2D eigenvalue weighted by molar-refractivity contribution is 5.79. The van der Waals surface area contributed by atoms with E-state index in [0.717, 1.165) is 19.5 Å². The van der Waals surface area contributed by atoms with Crippen molar-refractivity contribution in [3.63, 3.8) is 0 Å². The molecule has 1 saturated heterocycles. The molecule has 1 unspecified atom stereocenters. The Bertz CT molecular complexity index is 154. The van der Waals surface area contributed by atoms with Crippen molar-refractivity contribution in [3.05, 3.63) is 0 Å². The maximum Gasteiger partial charge on any atom is 0.234 e. The van der Waals surface area contributed by atoms with Crippen LogP contribution >= 0.6 is 0 Å². The molecule has 0 radical (unpaired) electrons. The number of hydrogen-bond donors (Lipinski definition) is 2. The van der Waals surface area contributed by atoms with E-state index in [-0.39, 0.29) is 18.0 Å². The van der Waals surface area contributed by atoms with Crippen LogP contribution in [0.15, 0.2) is 0 Å². The van der Waals surface area contributed by atoms with E-state index < -0.39 is 0 Å². The van der Waals surface area contributed by atoms with Crippen LogP contribution < -0.4 is 11.5 Å². The Labute approximate surface area is 66.5 Å². The summed E-state index contributed by atoms with van der Waals surface area (Å²) >= 11 is 0. The van der Waals surface area contributed by atoms with Crippen LogP contribution in [0.3, 0.4) is 0 Å². The Kier molecular flexibility index (Phi) is 2.46. The topological polar surface area (TPSA) is 72.4 Å². The molecule has 1 rings (SSSR count). The van der Waals surface area contributed by atoms with Gasteiger partial charge in [0.05, 0.1) is 6.04 Å². The van der Waals surface area contributed by atoms with E-state index in [1.807, 2.05) is 11.8 Å². The van der Waals surface area contributed by atoms with Crippen molar-refractivity contribution in [1.29, 1.82) is 0 Å². The molecule has 64 valence electrons. The van der Waals surface area contributed by atoms with Gasteiger partial charge in [-0.3, -0.25) is 9.69 Å². The van der Waals surface area contributed by atoms with Crippen molar-refractivity contribution in [3.8, 4) is 0 Å². The Morgan fingerprint density at radius 3 is 2.55 bits per heavy atom. The first-order chi connectivity index (χ1) is 5.15. The van der Waals surface area contributed by atoms with Crippen molar-refractivity contribution in [2.45, 2.75) is 25.4 Å². The summed E-state index contributed by atoms with van der Waals surface area (Å²) in [6, 6.07) is 0.137. The number of nitrogens with two attached hydrogens (primary N) is 2. The monoisotopic (exact) mass is 157 g/mol. The Balaban J connectivity index is 2.38. The summed E-state index contributed by atoms with van der Waals surface area (Å²) in [7, 11) is 0. The molecule has 0 bridgehead atoms. The molecular formula is C7H15N3O. The minimum Gasteiger partial charge on any atom is -0.368 e. The number of likely N-dealkylation sites (tertiary alicyclic amines) is 1. The number of amides is 1. The molecule has 0 aliphatic carbocycles. The van der Waals surface area contributed by atoms with Gasteiger partial charge >= 0.3 is 0 Å². The maximum absolute atomic E-state index is 10.8. The Morgan fingerprint density at radius 1 is 1.73 bits per heavy atom. The predicted molar refractivity (Wildman–Crippen MR) is 42.8 cm³/mol. The van der Waals surface area contributed by atoms with Gasteiger partial charge in [0.25, 0.3) is 0 Å². The van der Waals surface area contributed by atoms with Crippen LogP contribution in [0, 0.1) is 0 Å². The van der Waals surface area contributed by atoms with Gasteiger partial charge in [0, 0.05) is 19.1 Å². The van der Waals surface area contributed by atoms with E-state index in [2.05, 4.69) is 0 Å². The van der Waals surface area contributed by atoms with Gasteiger partial charge in [0.2, 0.25) is 5.91 Å². The van der Waals surface area contributed by atoms with E-state index in [1.54, 1.807) is 0 Å². The zero-order valence-electron chi connectivity index (χ0n) is 6.79. The lowest BCUT2D eigenvalue weighted by Gasteiger charge is -2.40. The average Bonchev–Trinajstić information content (AvgIpc) is 1.85. The molecular weight excluding hydrogens is 142 g/mol. The summed E-state index contributed by atoms with van der Waals surface area (Å²) in [6.45, 7) is 3.57. The molecule has 1 amide bonds. The van der Waals surface area contributed by atoms with Crippen LogP contribution in [0.4, 0.5) is 0 Å². The van der Waals surface area contributed by atoms with Crippen LogP contribution in [0.1, 0.15) is 13.3 Å². The molecule has 11 heavy (non-hydrogen) atoms. The van der Waals surface area contributed by atoms with Gasteiger partial charge in [0.1, 0.15) is 0 Å². The third-order valence-corrected chi connectivity index (χ3v) is 2.09. The quantitative estimate of drug-likeness (QED) is 0.546. The van der Waals surface area contributed by atoms with Crippen molar-refractivity contribution in [2.24, 2.45) is 11.5 Å². The average molecular weight is 157 g/mol. The van der Waals surface area contributed by atoms with Crippen molar-refractivity contribution in [2.75, 3.05) is 13.1 Å². The number of primary amides is 1. The second-order valence-corrected chi connectivity index (χ2v) is 3.04. The fraction of sp³-hybridized carbons (Fsp3) is 0.857. The number of carbonyl (C=O) groups is 1. The minimum atomic E-state index is -0.237. The molecule has 0 aromatic heterocycles. The van der Waals surface area contributed by atoms with Crippen LogP contribution in [0.25, 0.3) is 0 Å². The Morgan fingerprint density at radius 2 is 2.27 bits per heavy atom. The van der Waals surface area contributed by atoms with Gasteiger partial charge in [-0.25, -0.2) is 0 Å². The second kappa shape index (κ2) is 3.19. The highest BCUT2D eigenvalue weighted by Crippen LogP contribution is 2.12. The first kappa shape index (κ1) is 8.49. The molecule has 4 heteroatoms. The van der Waals surface area contributed by atoms with Crippen molar-refractivity contribution < 1.29 is 4.79 Å². The standard InChI is InChI=1S/C7H15N3O/c1-2-6(7(9)11)10-3-5(8)4-10/h5-6H,2-4,8H2,1H3,(H2,9,11). The van der Waals surface area contributed by atoms with E-state index in [4.69, 9.17) is 11.5 Å². The normalized spacial score (nSPS) is 22.7. The first-order valence-corrected chi connectivity index (χ1v) is 3.94. The molecule has 1 fully saturated rings. The second-order valence-electron chi connectivity index (χ2n) is 3.04. The van der Waals surface area contributed by atoms with E-state index in [1.165, 1.54) is 0 Å². The summed E-state index contributed by atoms with van der Waals surface area (Å²) < 4.78 is 0. The first-order valence-electron chi connectivity index (χ1n) is 3.94. The van der Waals surface area contributed by atoms with Crippen LogP contribution in [-0.4, -0.2) is 36.0 Å². The fourth-order valence-corrected chi connectivity index (χ4v) is 1.44. The maximum atomic E-state index is 10.8. The largest absolute Gasteiger partial charge is 0.368 e. The van der Waals surface area contributed by atoms with Gasteiger partial charge in [0.15, 0.2) is 0 Å². The number of rotatable bonds is 3. The number of hydrogen-bond acceptors (Lipinski definition) is 3. The SMILES string of the molecule is CCC(C(N)=O)N1CC(N)C1. The molecule has 1 aliphatic rings. The molecule has 0 aromatic rings. The van der Waals surface area contributed by atoms with E-state index in [9.17, 15) is 4.79 Å². The minimum absolute atomic E-state index is 0.102. The molecule has 1 aliphatic heterocycles. The molecule has 1 atom stereocenters. The van der Waals surface area contributed by atoms with E-state index >= 15 is 0 Å². The highest BCUT2D eigenvalue weighted by Gasteiger charge is 2.31. The summed E-state index contributed by atoms with van der Waals surface area (Å²) in [5.41, 5.74) is 10.7. The highest BCUT2D eigenvalue weighted by atomic mass is 16.1. The van der Waals surface area contributed by atoms with Crippen molar-refractivity contribution >= 4 is 5.91 Å². The third-order valence-electron chi connectivity index (χ3n) is 2.09. The molecule has 0 aromatic carbocycles. The Hall–Kier alpha value is -0.610. The zero-order chi connectivity index (χ0) is 8.43. The van der Waals surface area contributed by atoms with Gasteiger partial charge in [-0.05, 0) is 6.42 Å². The van der Waals surface area contributed by atoms with E-state index in [0.29, 0.717) is 0 Å². The lowest BCUT2D eigenvalue weighted by atomic mass is 10.0. The smallest absolute Gasteiger partial charge is 0.234 e. The van der Waals surface area contributed by atoms with Gasteiger partial charge < -0.3 is 11.5 Å². The van der Waals surface area contributed by atoms with Crippen LogP contribution in [0.5, 0.6) is 0 Å². The molecule has 0 spiro atoms. The lowest BCUT2D eigenvalue weighted by Crippen LogP contribution is -2.62. The summed E-state index contributed by atoms with van der Waals surface area (Å²) in [6.07, 6.45) is 0.780. The lowest BCUT2D eigenvalue weighted by molar-refractivity contribution is -0.125. The summed E-state index contributed by atoms with van der Waals surface area (Å²) in [5, 5.41) is 0.